The second-order valence-electron chi connectivity index (χ2n) is 10.2. The van der Waals surface area contributed by atoms with Gasteiger partial charge < -0.3 is 25.2 Å². The lowest BCUT2D eigenvalue weighted by Gasteiger charge is -2.33. The second kappa shape index (κ2) is 10.5. The molecule has 0 unspecified atom stereocenters. The van der Waals surface area contributed by atoms with E-state index in [9.17, 15) is 14.4 Å². The molecule has 2 aliphatic rings. The molecule has 3 aromatic carbocycles. The van der Waals surface area contributed by atoms with E-state index in [1.807, 2.05) is 69.8 Å². The summed E-state index contributed by atoms with van der Waals surface area (Å²) < 4.78 is 5.41. The normalized spacial score (nSPS) is 14.9. The van der Waals surface area contributed by atoms with Gasteiger partial charge in [-0.1, -0.05) is 18.2 Å². The fraction of sp³-hybridized carbons (Fsp3) is 0.226. The summed E-state index contributed by atoms with van der Waals surface area (Å²) in [5.41, 5.74) is 5.55. The van der Waals surface area contributed by atoms with Crippen molar-refractivity contribution in [2.24, 2.45) is 0 Å². The van der Waals surface area contributed by atoms with E-state index in [1.54, 1.807) is 6.20 Å². The molecule has 0 spiro atoms. The van der Waals surface area contributed by atoms with Crippen molar-refractivity contribution in [2.75, 3.05) is 53.3 Å². The zero-order valence-corrected chi connectivity index (χ0v) is 23.0. The number of amides is 1. The molecule has 9 nitrogen and oxygen atoms in total. The first-order valence-corrected chi connectivity index (χ1v) is 14.5. The SMILES string of the molecule is O=C(Nc1ccc2c(c1)CCN2c1c(N2CCOCC2)c(=O)c1=O)c1sccc1NCc1ccnc2ccccc12. The van der Waals surface area contributed by atoms with Crippen LogP contribution in [0, 0.1) is 0 Å². The molecule has 0 radical (unpaired) electrons. The number of fused-ring (bicyclic) bond motifs is 2. The lowest BCUT2D eigenvalue weighted by molar-refractivity contribution is 0.103. The van der Waals surface area contributed by atoms with Crippen molar-refractivity contribution < 1.29 is 9.53 Å². The number of ether oxygens (including phenoxy) is 1. The van der Waals surface area contributed by atoms with E-state index in [-0.39, 0.29) is 5.91 Å². The van der Waals surface area contributed by atoms with Crippen LogP contribution in [0.25, 0.3) is 10.9 Å². The predicted octanol–water partition coefficient (Wildman–Crippen LogP) is 4.29. The van der Waals surface area contributed by atoms with Gasteiger partial charge in [-0.15, -0.1) is 11.3 Å². The smallest absolute Gasteiger partial charge is 0.267 e. The molecule has 4 heterocycles. The van der Waals surface area contributed by atoms with Gasteiger partial charge in [-0.05, 0) is 59.3 Å². The highest BCUT2D eigenvalue weighted by Crippen LogP contribution is 2.39. The van der Waals surface area contributed by atoms with Crippen molar-refractivity contribution in [3.05, 3.63) is 103 Å². The highest BCUT2D eigenvalue weighted by molar-refractivity contribution is 7.12. The molecule has 2 N–H and O–H groups in total. The number of nitrogens with zero attached hydrogens (tertiary/aromatic N) is 3. The molecule has 206 valence electrons. The molecule has 0 bridgehead atoms. The van der Waals surface area contributed by atoms with Gasteiger partial charge in [0.15, 0.2) is 0 Å². The third-order valence-corrected chi connectivity index (χ3v) is 8.68. The van der Waals surface area contributed by atoms with E-state index in [0.29, 0.717) is 67.8 Å². The summed E-state index contributed by atoms with van der Waals surface area (Å²) in [6, 6.07) is 17.6. The second-order valence-corrected chi connectivity index (χ2v) is 11.1. The summed E-state index contributed by atoms with van der Waals surface area (Å²) in [7, 11) is 0. The molecule has 1 fully saturated rings. The Kier molecular flexibility index (Phi) is 6.49. The highest BCUT2D eigenvalue weighted by atomic mass is 32.1. The van der Waals surface area contributed by atoms with Gasteiger partial charge in [-0.2, -0.15) is 0 Å². The molecule has 1 amide bonds. The van der Waals surface area contributed by atoms with E-state index in [1.165, 1.54) is 11.3 Å². The van der Waals surface area contributed by atoms with Crippen molar-refractivity contribution >= 4 is 56.6 Å². The number of morpholine rings is 1. The Balaban J connectivity index is 1.06. The molecule has 2 aromatic heterocycles. The van der Waals surface area contributed by atoms with Gasteiger partial charge >= 0.3 is 0 Å². The number of pyridine rings is 1. The van der Waals surface area contributed by atoms with Gasteiger partial charge in [0, 0.05) is 49.1 Å². The maximum Gasteiger partial charge on any atom is 0.267 e. The van der Waals surface area contributed by atoms with Crippen LogP contribution < -0.4 is 31.3 Å². The van der Waals surface area contributed by atoms with Crippen LogP contribution in [-0.4, -0.2) is 43.7 Å². The van der Waals surface area contributed by atoms with Crippen LogP contribution in [-0.2, 0) is 17.7 Å². The number of nitrogens with one attached hydrogen (secondary N) is 2. The van der Waals surface area contributed by atoms with Gasteiger partial charge in [0.2, 0.25) is 0 Å². The Bertz CT molecular complexity index is 1850. The summed E-state index contributed by atoms with van der Waals surface area (Å²) in [6.45, 7) is 3.46. The number of thiophene rings is 1. The van der Waals surface area contributed by atoms with Gasteiger partial charge in [0.25, 0.3) is 16.8 Å². The van der Waals surface area contributed by atoms with Crippen LogP contribution >= 0.6 is 11.3 Å². The van der Waals surface area contributed by atoms with Crippen molar-refractivity contribution in [1.29, 1.82) is 0 Å². The zero-order valence-electron chi connectivity index (χ0n) is 22.2. The van der Waals surface area contributed by atoms with Gasteiger partial charge in [0.05, 0.1) is 24.4 Å². The molecule has 0 aliphatic carbocycles. The minimum Gasteiger partial charge on any atom is -0.380 e. The number of hydrogen-bond donors (Lipinski definition) is 2. The molecule has 2 aliphatic heterocycles. The lowest BCUT2D eigenvalue weighted by atomic mass is 10.1. The number of rotatable bonds is 7. The third-order valence-electron chi connectivity index (χ3n) is 7.77. The van der Waals surface area contributed by atoms with Crippen molar-refractivity contribution in [3.8, 4) is 0 Å². The number of carbonyl (C=O) groups is 1. The minimum absolute atomic E-state index is 0.186. The van der Waals surface area contributed by atoms with E-state index < -0.39 is 10.9 Å². The fourth-order valence-corrected chi connectivity index (χ4v) is 6.49. The molecule has 0 atom stereocenters. The van der Waals surface area contributed by atoms with Crippen LogP contribution in [0.5, 0.6) is 0 Å². The summed E-state index contributed by atoms with van der Waals surface area (Å²) in [4.78, 5) is 47.3. The Morgan fingerprint density at radius 3 is 2.68 bits per heavy atom. The molecule has 1 saturated heterocycles. The number of aromatic nitrogens is 1. The molecular weight excluding hydrogens is 538 g/mol. The first-order chi connectivity index (χ1) is 20.1. The maximum atomic E-state index is 13.3. The molecule has 0 saturated carbocycles. The zero-order chi connectivity index (χ0) is 27.9. The van der Waals surface area contributed by atoms with Crippen LogP contribution in [0.1, 0.15) is 20.8 Å². The molecule has 5 aromatic rings. The number of anilines is 5. The number of para-hydroxylation sites is 1. The summed E-state index contributed by atoms with van der Waals surface area (Å²) in [6.07, 6.45) is 2.51. The monoisotopic (exact) mass is 565 g/mol. The first-order valence-electron chi connectivity index (χ1n) is 13.6. The molecule has 10 heteroatoms. The van der Waals surface area contributed by atoms with Crippen molar-refractivity contribution in [3.63, 3.8) is 0 Å². The van der Waals surface area contributed by atoms with Crippen molar-refractivity contribution in [2.45, 2.75) is 13.0 Å². The summed E-state index contributed by atoms with van der Waals surface area (Å²) in [5, 5.41) is 9.44. The van der Waals surface area contributed by atoms with Gasteiger partial charge in [0.1, 0.15) is 16.3 Å². The Hall–Kier alpha value is -4.54. The van der Waals surface area contributed by atoms with Crippen LogP contribution in [0.2, 0.25) is 0 Å². The van der Waals surface area contributed by atoms with Crippen LogP contribution in [0.3, 0.4) is 0 Å². The number of carbonyl (C=O) groups excluding carboxylic acids is 1. The maximum absolute atomic E-state index is 13.3. The lowest BCUT2D eigenvalue weighted by Crippen LogP contribution is -2.48. The Labute approximate surface area is 239 Å². The summed E-state index contributed by atoms with van der Waals surface area (Å²) >= 11 is 1.39. The standard InChI is InChI=1S/C31H27N5O4S/c37-28-26(35-12-14-40-15-13-35)27(29(28)38)36-11-8-19-17-21(5-6-25(19)36)34-31(39)30-24(9-16-41-30)33-18-20-7-10-32-23-4-2-1-3-22(20)23/h1-7,9-10,16-17,33H,8,11-15,18H2,(H,34,39). The van der Waals surface area contributed by atoms with E-state index in [2.05, 4.69) is 15.6 Å². The predicted molar refractivity (Wildman–Crippen MR) is 163 cm³/mol. The number of hydrogen-bond acceptors (Lipinski definition) is 9. The van der Waals surface area contributed by atoms with Gasteiger partial charge in [-0.25, -0.2) is 0 Å². The highest BCUT2D eigenvalue weighted by Gasteiger charge is 2.34. The molecule has 7 rings (SSSR count). The minimum atomic E-state index is -0.436. The van der Waals surface area contributed by atoms with Crippen molar-refractivity contribution in [1.82, 2.24) is 4.98 Å². The van der Waals surface area contributed by atoms with E-state index in [4.69, 9.17) is 4.74 Å². The molecule has 41 heavy (non-hydrogen) atoms. The Morgan fingerprint density at radius 1 is 0.976 bits per heavy atom. The van der Waals surface area contributed by atoms with E-state index >= 15 is 0 Å². The largest absolute Gasteiger partial charge is 0.380 e. The topological polar surface area (TPSA) is 104 Å². The quantitative estimate of drug-likeness (QED) is 0.282. The Morgan fingerprint density at radius 2 is 1.80 bits per heavy atom. The van der Waals surface area contributed by atoms with E-state index in [0.717, 1.165) is 33.4 Å². The van der Waals surface area contributed by atoms with Crippen LogP contribution in [0.15, 0.2) is 75.8 Å². The molecular formula is C31H27N5O4S. The third kappa shape index (κ3) is 4.55. The first kappa shape index (κ1) is 25.4. The average Bonchev–Trinajstić information content (AvgIpc) is 3.65. The number of benzene rings is 2. The van der Waals surface area contributed by atoms with Gasteiger partial charge in [-0.3, -0.25) is 19.4 Å². The summed E-state index contributed by atoms with van der Waals surface area (Å²) in [5.74, 6) is -0.186. The average molecular weight is 566 g/mol. The fourth-order valence-electron chi connectivity index (χ4n) is 5.72. The van der Waals surface area contributed by atoms with Crippen LogP contribution in [0.4, 0.5) is 28.4 Å².